The summed E-state index contributed by atoms with van der Waals surface area (Å²) in [7, 11) is -3.46. The molecule has 0 aliphatic rings. The monoisotopic (exact) mass is 464 g/mol. The first-order chi connectivity index (χ1) is 10.3. The van der Waals surface area contributed by atoms with Crippen LogP contribution in [0.5, 0.6) is 0 Å². The Morgan fingerprint density at radius 2 is 1.95 bits per heavy atom. The predicted molar refractivity (Wildman–Crippen MR) is 89.9 cm³/mol. The molecule has 0 bridgehead atoms. The van der Waals surface area contributed by atoms with Crippen LogP contribution in [-0.4, -0.2) is 24.9 Å². The highest BCUT2D eigenvalue weighted by Gasteiger charge is 2.19. The zero-order valence-electron chi connectivity index (χ0n) is 10.8. The number of halogens is 2. The van der Waals surface area contributed by atoms with Gasteiger partial charge in [-0.2, -0.15) is 0 Å². The molecule has 0 radical (unpaired) electrons. The van der Waals surface area contributed by atoms with Crippen molar-refractivity contribution in [1.29, 1.82) is 0 Å². The lowest BCUT2D eigenvalue weighted by Gasteiger charge is -2.02. The van der Waals surface area contributed by atoms with Crippen LogP contribution in [0.4, 0.5) is 0 Å². The molecule has 114 valence electrons. The van der Waals surface area contributed by atoms with Gasteiger partial charge in [-0.25, -0.2) is 8.42 Å². The first kappa shape index (κ1) is 15.8. The van der Waals surface area contributed by atoms with Crippen LogP contribution in [-0.2, 0) is 9.84 Å². The Balaban J connectivity index is 2.27. The van der Waals surface area contributed by atoms with Crippen molar-refractivity contribution >= 4 is 64.0 Å². The van der Waals surface area contributed by atoms with E-state index in [2.05, 4.69) is 42.1 Å². The zero-order valence-corrected chi connectivity index (χ0v) is 15.6. The third-order valence-electron chi connectivity index (χ3n) is 2.75. The number of aromatic nitrogens is 2. The summed E-state index contributed by atoms with van der Waals surface area (Å²) >= 11 is 7.47. The van der Waals surface area contributed by atoms with Gasteiger partial charge in [0.25, 0.3) is 0 Å². The molecule has 0 unspecified atom stereocenters. The number of nitrogens with zero attached hydrogens (tertiary/aromatic N) is 2. The van der Waals surface area contributed by atoms with Crippen LogP contribution in [0.3, 0.4) is 0 Å². The minimum Gasteiger partial charge on any atom is -0.462 e. The van der Waals surface area contributed by atoms with E-state index in [-0.39, 0.29) is 20.3 Å². The maximum Gasteiger partial charge on any atom is 0.232 e. The molecule has 0 aliphatic heterocycles. The van der Waals surface area contributed by atoms with Gasteiger partial charge in [0, 0.05) is 10.7 Å². The fourth-order valence-electron chi connectivity index (χ4n) is 1.78. The van der Waals surface area contributed by atoms with E-state index in [1.54, 1.807) is 12.1 Å². The van der Waals surface area contributed by atoms with E-state index in [0.717, 1.165) is 17.6 Å². The van der Waals surface area contributed by atoms with Gasteiger partial charge in [0.1, 0.15) is 6.26 Å². The van der Waals surface area contributed by atoms with Gasteiger partial charge in [-0.3, -0.25) is 4.79 Å². The fourth-order valence-corrected chi connectivity index (χ4v) is 4.71. The molecule has 0 atom stereocenters. The van der Waals surface area contributed by atoms with Gasteiger partial charge in [0.05, 0.1) is 15.4 Å². The van der Waals surface area contributed by atoms with E-state index in [1.165, 1.54) is 6.26 Å². The Kier molecular flexibility index (Phi) is 3.96. The number of benzene rings is 1. The molecule has 3 aromatic rings. The van der Waals surface area contributed by atoms with Crippen LogP contribution >= 0.6 is 43.2 Å². The van der Waals surface area contributed by atoms with E-state index in [1.807, 2.05) is 0 Å². The fraction of sp³-hybridized carbons (Fsp3) is 0.0833. The summed E-state index contributed by atoms with van der Waals surface area (Å²) in [5.41, 5.74) is 0.272. The number of rotatable bonds is 2. The molecule has 0 fully saturated rings. The maximum absolute atomic E-state index is 12.6. The molecule has 2 heterocycles. The molecular weight excluding hydrogens is 460 g/mol. The molecule has 10 heteroatoms. The Morgan fingerprint density at radius 3 is 2.59 bits per heavy atom. The smallest absolute Gasteiger partial charge is 0.232 e. The van der Waals surface area contributed by atoms with Gasteiger partial charge in [-0.1, -0.05) is 27.3 Å². The SMILES string of the molecule is CS(=O)(=O)c1nnc(-c2coc3c(Br)cc(Br)cc3c2=O)s1. The highest BCUT2D eigenvalue weighted by molar-refractivity contribution is 9.11. The van der Waals surface area contributed by atoms with Gasteiger partial charge in [-0.05, 0) is 28.1 Å². The molecule has 0 saturated heterocycles. The lowest BCUT2D eigenvalue weighted by Crippen LogP contribution is -2.04. The Morgan fingerprint density at radius 1 is 1.23 bits per heavy atom. The number of sulfone groups is 1. The molecule has 2 aromatic heterocycles. The van der Waals surface area contributed by atoms with E-state index in [9.17, 15) is 13.2 Å². The quantitative estimate of drug-likeness (QED) is 0.577. The summed E-state index contributed by atoms with van der Waals surface area (Å²) in [6.45, 7) is 0. The van der Waals surface area contributed by atoms with Gasteiger partial charge in [0.15, 0.2) is 10.6 Å². The van der Waals surface area contributed by atoms with Crippen molar-refractivity contribution in [3.8, 4) is 10.6 Å². The first-order valence-corrected chi connectivity index (χ1v) is 10.0. The van der Waals surface area contributed by atoms with Crippen molar-refractivity contribution in [3.05, 3.63) is 37.6 Å². The summed E-state index contributed by atoms with van der Waals surface area (Å²) in [6, 6.07) is 3.39. The van der Waals surface area contributed by atoms with Crippen LogP contribution in [0.1, 0.15) is 0 Å². The molecule has 0 spiro atoms. The van der Waals surface area contributed by atoms with Crippen molar-refractivity contribution in [3.63, 3.8) is 0 Å². The highest BCUT2D eigenvalue weighted by Crippen LogP contribution is 2.30. The topological polar surface area (TPSA) is 90.1 Å². The van der Waals surface area contributed by atoms with Crippen LogP contribution in [0.2, 0.25) is 0 Å². The van der Waals surface area contributed by atoms with Gasteiger partial charge < -0.3 is 4.42 Å². The molecule has 1 aromatic carbocycles. The summed E-state index contributed by atoms with van der Waals surface area (Å²) < 4.78 is 29.6. The normalized spacial score (nSPS) is 12.0. The third kappa shape index (κ3) is 2.75. The lowest BCUT2D eigenvalue weighted by molar-refractivity contribution is 0.600. The maximum atomic E-state index is 12.6. The van der Waals surface area contributed by atoms with Crippen molar-refractivity contribution in [2.45, 2.75) is 4.34 Å². The second-order valence-electron chi connectivity index (χ2n) is 4.39. The van der Waals surface area contributed by atoms with Crippen LogP contribution in [0.15, 0.2) is 40.9 Å². The number of hydrogen-bond acceptors (Lipinski definition) is 7. The summed E-state index contributed by atoms with van der Waals surface area (Å²) in [6.07, 6.45) is 2.30. The summed E-state index contributed by atoms with van der Waals surface area (Å²) in [5.74, 6) is 0. The van der Waals surface area contributed by atoms with Crippen molar-refractivity contribution in [2.75, 3.05) is 6.26 Å². The van der Waals surface area contributed by atoms with Crippen LogP contribution in [0, 0.1) is 0 Å². The minimum atomic E-state index is -3.46. The zero-order chi connectivity index (χ0) is 16.1. The average Bonchev–Trinajstić information content (AvgIpc) is 2.89. The van der Waals surface area contributed by atoms with Crippen LogP contribution in [0.25, 0.3) is 21.5 Å². The highest BCUT2D eigenvalue weighted by atomic mass is 79.9. The second kappa shape index (κ2) is 5.52. The average molecular weight is 466 g/mol. The predicted octanol–water partition coefficient (Wildman–Crippen LogP) is 3.24. The summed E-state index contributed by atoms with van der Waals surface area (Å²) in [5, 5.41) is 7.93. The summed E-state index contributed by atoms with van der Waals surface area (Å²) in [4.78, 5) is 12.6. The van der Waals surface area contributed by atoms with E-state index in [4.69, 9.17) is 4.42 Å². The number of hydrogen-bond donors (Lipinski definition) is 0. The third-order valence-corrected chi connectivity index (χ3v) is 6.42. The Hall–Kier alpha value is -1.10. The lowest BCUT2D eigenvalue weighted by atomic mass is 10.2. The molecule has 0 amide bonds. The molecule has 0 aliphatic carbocycles. The van der Waals surface area contributed by atoms with Gasteiger partial charge in [-0.15, -0.1) is 10.2 Å². The molecule has 0 saturated carbocycles. The Bertz CT molecular complexity index is 1060. The van der Waals surface area contributed by atoms with Crippen molar-refractivity contribution < 1.29 is 12.8 Å². The Labute approximate surface area is 145 Å². The minimum absolute atomic E-state index is 0.141. The molecular formula is C12H6Br2N2O4S2. The van der Waals surface area contributed by atoms with Crippen molar-refractivity contribution in [1.82, 2.24) is 10.2 Å². The largest absolute Gasteiger partial charge is 0.462 e. The second-order valence-corrected chi connectivity index (χ2v) is 9.33. The van der Waals surface area contributed by atoms with E-state index >= 15 is 0 Å². The first-order valence-electron chi connectivity index (χ1n) is 5.72. The van der Waals surface area contributed by atoms with E-state index < -0.39 is 9.84 Å². The van der Waals surface area contributed by atoms with Crippen LogP contribution < -0.4 is 5.43 Å². The number of fused-ring (bicyclic) bond motifs is 1. The molecule has 22 heavy (non-hydrogen) atoms. The van der Waals surface area contributed by atoms with Crippen molar-refractivity contribution in [2.24, 2.45) is 0 Å². The molecule has 3 rings (SSSR count). The standard InChI is InChI=1S/C12H6Br2N2O4S2/c1-22(18,19)12-16-15-11(21-12)7-4-20-10-6(9(7)17)2-5(13)3-8(10)14/h2-4H,1H3. The van der Waals surface area contributed by atoms with E-state index in [0.29, 0.717) is 19.9 Å². The molecule has 6 nitrogen and oxygen atoms in total. The van der Waals surface area contributed by atoms with Gasteiger partial charge >= 0.3 is 0 Å². The molecule has 0 N–H and O–H groups in total. The van der Waals surface area contributed by atoms with Gasteiger partial charge in [0.2, 0.25) is 19.6 Å².